The van der Waals surface area contributed by atoms with E-state index in [4.69, 9.17) is 55.6 Å². The topological polar surface area (TPSA) is 74.2 Å². The summed E-state index contributed by atoms with van der Waals surface area (Å²) in [6.45, 7) is 6.43. The molecule has 5 rings (SSSR count). The fourth-order valence-electron chi connectivity index (χ4n) is 4.59. The number of carbonyl (C=O) groups excluding carboxylic acids is 1. The smallest absolute Gasteiger partial charge is 0.318 e. The Morgan fingerprint density at radius 1 is 0.935 bits per heavy atom. The highest BCUT2D eigenvalue weighted by Crippen LogP contribution is 2.42. The summed E-state index contributed by atoms with van der Waals surface area (Å²) in [5.41, 5.74) is 6.51. The van der Waals surface area contributed by atoms with Gasteiger partial charge in [0.15, 0.2) is 0 Å². The molecule has 7 nitrogen and oxygen atoms in total. The first kappa shape index (κ1) is 34.4. The van der Waals surface area contributed by atoms with Crippen molar-refractivity contribution in [3.63, 3.8) is 0 Å². The molecule has 46 heavy (non-hydrogen) atoms. The van der Waals surface area contributed by atoms with Crippen molar-refractivity contribution in [2.75, 3.05) is 15.9 Å². The Kier molecular flexibility index (Phi) is 11.5. The predicted octanol–water partition coefficient (Wildman–Crippen LogP) is 9.92. The second kappa shape index (κ2) is 15.3. The number of nitrogens with zero attached hydrogens (tertiary/aromatic N) is 3. The zero-order valence-corrected chi connectivity index (χ0v) is 29.8. The first-order chi connectivity index (χ1) is 22.0. The van der Waals surface area contributed by atoms with Gasteiger partial charge in [0.1, 0.15) is 22.5 Å². The average molecular weight is 737 g/mol. The zero-order valence-electron chi connectivity index (χ0n) is 25.1. The standard InChI is InChI=1S/C33H30Cl4N4O3S2/c1-4-5-16-40(46(43)44-23-13-10-20(2)11-14-23)28-8-6-7-9-29(28)45-31-32(38-27-17-21(3)12-15-24(27)35)39-41(33(31)42)30-25(36)18-22(34)19-26(30)37/h6-15,17-19,31H,4-5,16H2,1-3H3,(H,38,39). The van der Waals surface area contributed by atoms with Gasteiger partial charge in [-0.15, -0.1) is 11.8 Å². The second-order valence-corrected chi connectivity index (χ2v) is 14.3. The number of halogens is 4. The monoisotopic (exact) mass is 734 g/mol. The van der Waals surface area contributed by atoms with E-state index in [1.165, 1.54) is 28.9 Å². The molecule has 2 atom stereocenters. The Bertz CT molecular complexity index is 1780. The van der Waals surface area contributed by atoms with Crippen molar-refractivity contribution >= 4 is 98.2 Å². The van der Waals surface area contributed by atoms with E-state index in [1.807, 2.05) is 62.4 Å². The molecule has 1 aliphatic rings. The number of amidine groups is 1. The van der Waals surface area contributed by atoms with Crippen LogP contribution >= 0.6 is 58.2 Å². The van der Waals surface area contributed by atoms with Crippen LogP contribution in [-0.4, -0.2) is 27.7 Å². The number of anilines is 2. The number of rotatable bonds is 11. The molecule has 0 radical (unpaired) electrons. The maximum atomic E-state index is 14.2. The van der Waals surface area contributed by atoms with E-state index in [0.717, 1.165) is 24.0 Å². The number of amides is 1. The van der Waals surface area contributed by atoms with E-state index in [-0.39, 0.29) is 21.6 Å². The van der Waals surface area contributed by atoms with Gasteiger partial charge in [-0.25, -0.2) is 10.0 Å². The second-order valence-electron chi connectivity index (χ2n) is 10.5. The number of para-hydroxylation sites is 1. The molecule has 1 saturated heterocycles. The first-order valence-corrected chi connectivity index (χ1v) is 17.8. The minimum Gasteiger partial charge on any atom is -0.385 e. The molecular formula is C33H30Cl4N4O3S2. The summed E-state index contributed by atoms with van der Waals surface area (Å²) < 4.78 is 21.3. The Morgan fingerprint density at radius 3 is 2.30 bits per heavy atom. The molecule has 0 spiro atoms. The molecule has 1 heterocycles. The third-order valence-electron chi connectivity index (χ3n) is 6.93. The largest absolute Gasteiger partial charge is 0.385 e. The number of thioether (sulfide) groups is 1. The van der Waals surface area contributed by atoms with E-state index in [9.17, 15) is 9.00 Å². The van der Waals surface area contributed by atoms with E-state index in [0.29, 0.717) is 44.4 Å². The Labute approximate surface area is 295 Å². The highest BCUT2D eigenvalue weighted by molar-refractivity contribution is 8.01. The quantitative estimate of drug-likeness (QED) is 0.166. The van der Waals surface area contributed by atoms with E-state index in [2.05, 4.69) is 12.3 Å². The molecule has 240 valence electrons. The summed E-state index contributed by atoms with van der Waals surface area (Å²) in [4.78, 5) is 19.7. The molecule has 4 aromatic carbocycles. The van der Waals surface area contributed by atoms with Crippen LogP contribution in [0.5, 0.6) is 5.75 Å². The molecule has 1 fully saturated rings. The maximum absolute atomic E-state index is 14.2. The van der Waals surface area contributed by atoms with Crippen LogP contribution in [0.2, 0.25) is 20.1 Å². The van der Waals surface area contributed by atoms with Gasteiger partial charge in [-0.3, -0.25) is 14.5 Å². The Morgan fingerprint density at radius 2 is 1.61 bits per heavy atom. The minimum atomic E-state index is -1.87. The summed E-state index contributed by atoms with van der Waals surface area (Å²) in [6, 6.07) is 23.3. The summed E-state index contributed by atoms with van der Waals surface area (Å²) in [6.07, 6.45) is 1.65. The predicted molar refractivity (Wildman–Crippen MR) is 194 cm³/mol. The summed E-state index contributed by atoms with van der Waals surface area (Å²) in [7, 11) is 0. The lowest BCUT2D eigenvalue weighted by atomic mass is 10.2. The molecule has 4 aromatic rings. The van der Waals surface area contributed by atoms with Gasteiger partial charge in [-0.1, -0.05) is 95.6 Å². The molecule has 1 N–H and O–H groups in total. The molecule has 13 heteroatoms. The van der Waals surface area contributed by atoms with Gasteiger partial charge < -0.3 is 4.18 Å². The van der Waals surface area contributed by atoms with Crippen LogP contribution in [-0.2, 0) is 16.1 Å². The molecule has 0 saturated carbocycles. The zero-order chi connectivity index (χ0) is 33.0. The van der Waals surface area contributed by atoms with Crippen molar-refractivity contribution in [1.29, 1.82) is 0 Å². The van der Waals surface area contributed by atoms with Crippen LogP contribution in [0.25, 0.3) is 0 Å². The number of hydrogen-bond donors (Lipinski definition) is 1. The maximum Gasteiger partial charge on any atom is 0.318 e. The Hall–Kier alpha value is -2.92. The lowest BCUT2D eigenvalue weighted by Crippen LogP contribution is -2.36. The highest BCUT2D eigenvalue weighted by atomic mass is 35.5. The number of aryl methyl sites for hydroxylation is 2. The minimum absolute atomic E-state index is 0.187. The van der Waals surface area contributed by atoms with Crippen molar-refractivity contribution < 1.29 is 13.2 Å². The lowest BCUT2D eigenvalue weighted by Gasteiger charge is -2.25. The van der Waals surface area contributed by atoms with Crippen LogP contribution < -0.4 is 18.9 Å². The van der Waals surface area contributed by atoms with Crippen LogP contribution in [0, 0.1) is 13.8 Å². The van der Waals surface area contributed by atoms with Gasteiger partial charge >= 0.3 is 11.3 Å². The van der Waals surface area contributed by atoms with Crippen molar-refractivity contribution in [2.45, 2.75) is 43.8 Å². The fraction of sp³-hybridized carbons (Fsp3) is 0.212. The Balaban J connectivity index is 1.55. The molecular weight excluding hydrogens is 706 g/mol. The lowest BCUT2D eigenvalue weighted by molar-refractivity contribution is -0.116. The van der Waals surface area contributed by atoms with Crippen LogP contribution in [0.4, 0.5) is 17.1 Å². The number of aliphatic imine (C=N–C) groups is 1. The van der Waals surface area contributed by atoms with Gasteiger partial charge in [-0.05, 0) is 74.4 Å². The summed E-state index contributed by atoms with van der Waals surface area (Å²) >= 11 is 25.1. The van der Waals surface area contributed by atoms with Crippen LogP contribution in [0.1, 0.15) is 30.9 Å². The van der Waals surface area contributed by atoms with Crippen LogP contribution in [0.3, 0.4) is 0 Å². The molecule has 1 aliphatic heterocycles. The highest BCUT2D eigenvalue weighted by Gasteiger charge is 2.41. The van der Waals surface area contributed by atoms with E-state index >= 15 is 0 Å². The number of hydrogen-bond acceptors (Lipinski definition) is 5. The van der Waals surface area contributed by atoms with Gasteiger partial charge in [0.25, 0.3) is 5.91 Å². The third-order valence-corrected chi connectivity index (χ3v) is 10.4. The first-order valence-electron chi connectivity index (χ1n) is 14.4. The molecule has 2 unspecified atom stereocenters. The average Bonchev–Trinajstić information content (AvgIpc) is 3.30. The van der Waals surface area contributed by atoms with E-state index < -0.39 is 16.5 Å². The fourth-order valence-corrected chi connectivity index (χ4v) is 7.89. The van der Waals surface area contributed by atoms with Gasteiger partial charge in [-0.2, -0.15) is 4.21 Å². The third kappa shape index (κ3) is 7.95. The molecule has 0 bridgehead atoms. The molecule has 0 aliphatic carbocycles. The molecule has 1 amide bonds. The van der Waals surface area contributed by atoms with Gasteiger partial charge in [0.2, 0.25) is 0 Å². The van der Waals surface area contributed by atoms with Gasteiger partial charge in [0.05, 0.1) is 26.4 Å². The number of carbonyl (C=O) groups is 1. The number of nitrogens with one attached hydrogen (secondary N) is 1. The number of unbranched alkanes of at least 4 members (excludes halogenated alkanes) is 1. The van der Waals surface area contributed by atoms with Crippen molar-refractivity contribution in [1.82, 2.24) is 5.43 Å². The van der Waals surface area contributed by atoms with Crippen molar-refractivity contribution in [3.05, 3.63) is 110 Å². The van der Waals surface area contributed by atoms with Crippen molar-refractivity contribution in [3.8, 4) is 5.75 Å². The van der Waals surface area contributed by atoms with E-state index in [1.54, 1.807) is 22.5 Å². The number of benzene rings is 4. The number of hydrazine groups is 1. The van der Waals surface area contributed by atoms with Crippen LogP contribution in [0.15, 0.2) is 88.8 Å². The van der Waals surface area contributed by atoms with Crippen molar-refractivity contribution in [2.24, 2.45) is 4.99 Å². The normalized spacial score (nSPS) is 16.1. The summed E-state index contributed by atoms with van der Waals surface area (Å²) in [5, 5.41) is 1.53. The summed E-state index contributed by atoms with van der Waals surface area (Å²) in [5.74, 6) is 0.435. The molecule has 0 aromatic heterocycles. The van der Waals surface area contributed by atoms with Gasteiger partial charge in [0, 0.05) is 16.5 Å². The SMILES string of the molecule is CCCCN(c1ccccc1SC1C(=O)N(c2c(Cl)cc(Cl)cc2Cl)NC1=Nc1cc(C)ccc1Cl)S(=O)Oc1ccc(C)cc1.